The molecule has 0 unspecified atom stereocenters. The molecule has 11 aromatic rings. The lowest BCUT2D eigenvalue weighted by Crippen LogP contribution is -2.33. The fourth-order valence-electron chi connectivity index (χ4n) is 10.3. The maximum Gasteiger partial charge on any atom is 0.136 e. The molecule has 0 fully saturated rings. The van der Waals surface area contributed by atoms with Crippen LogP contribution in [0.4, 0.5) is 0 Å². The number of para-hydroxylation sites is 2. The highest BCUT2D eigenvalue weighted by molar-refractivity contribution is 6.25. The second kappa shape index (κ2) is 11.5. The van der Waals surface area contributed by atoms with Gasteiger partial charge in [-0.2, -0.15) is 0 Å². The van der Waals surface area contributed by atoms with Crippen LogP contribution in [0.3, 0.4) is 0 Å². The summed E-state index contributed by atoms with van der Waals surface area (Å²) in [4.78, 5) is 0. The Morgan fingerprint density at radius 1 is 0.421 bits per heavy atom. The summed E-state index contributed by atoms with van der Waals surface area (Å²) in [5.41, 5.74) is 14.6. The van der Waals surface area contributed by atoms with Gasteiger partial charge in [-0.05, 0) is 123 Å². The molecular formula is C54H42N2O. The summed E-state index contributed by atoms with van der Waals surface area (Å²) in [5, 5.41) is 9.95. The first-order valence-electron chi connectivity index (χ1n) is 20.3. The van der Waals surface area contributed by atoms with Crippen molar-refractivity contribution in [3.63, 3.8) is 0 Å². The van der Waals surface area contributed by atoms with Crippen LogP contribution in [0.5, 0.6) is 0 Å². The minimum atomic E-state index is 0.0989. The van der Waals surface area contributed by atoms with Crippen LogP contribution in [0.25, 0.3) is 98.8 Å². The van der Waals surface area contributed by atoms with Gasteiger partial charge in [0.2, 0.25) is 0 Å². The monoisotopic (exact) mass is 734 g/mol. The van der Waals surface area contributed by atoms with Crippen molar-refractivity contribution in [3.05, 3.63) is 169 Å². The first kappa shape index (κ1) is 32.6. The normalized spacial score (nSPS) is 15.2. The van der Waals surface area contributed by atoms with Gasteiger partial charge in [0.15, 0.2) is 0 Å². The lowest BCUT2D eigenvalue weighted by molar-refractivity contribution is 0.332. The van der Waals surface area contributed by atoms with Gasteiger partial charge in [-0.15, -0.1) is 0 Å². The predicted molar refractivity (Wildman–Crippen MR) is 241 cm³/mol. The standard InChI is InChI=1S/C54H42N2O/c1-53(2)26-27-54(3,4)44-32-48-40(29-43(44)53)41-30-47-42(31-46(41)55(48)35-16-6-5-7-17-35)51-37-19-9-8-14-33(37)24-25-45(51)56(47)36-18-12-15-34(28-36)38-21-13-23-50-52(38)39-20-10-11-22-49(39)57-50/h5-25,28-32H,26-27H2,1-4H3. The number of aromatic nitrogens is 2. The minimum absolute atomic E-state index is 0.0989. The van der Waals surface area contributed by atoms with Crippen LogP contribution in [-0.4, -0.2) is 9.13 Å². The van der Waals surface area contributed by atoms with Crippen molar-refractivity contribution in [2.75, 3.05) is 0 Å². The number of fused-ring (bicyclic) bond motifs is 12. The number of hydrogen-bond donors (Lipinski definition) is 0. The van der Waals surface area contributed by atoms with Crippen molar-refractivity contribution < 1.29 is 4.42 Å². The molecule has 0 aliphatic heterocycles. The Bertz CT molecular complexity index is 3460. The summed E-state index contributed by atoms with van der Waals surface area (Å²) >= 11 is 0. The van der Waals surface area contributed by atoms with Gasteiger partial charge >= 0.3 is 0 Å². The van der Waals surface area contributed by atoms with E-state index in [4.69, 9.17) is 4.42 Å². The molecule has 3 aromatic heterocycles. The third kappa shape index (κ3) is 4.60. The van der Waals surface area contributed by atoms with E-state index < -0.39 is 0 Å². The highest BCUT2D eigenvalue weighted by atomic mass is 16.3. The van der Waals surface area contributed by atoms with Crippen molar-refractivity contribution in [1.82, 2.24) is 9.13 Å². The second-order valence-corrected chi connectivity index (χ2v) is 17.6. The number of furan rings is 1. The lowest BCUT2D eigenvalue weighted by atomic mass is 9.63. The van der Waals surface area contributed by atoms with Gasteiger partial charge in [0.25, 0.3) is 0 Å². The van der Waals surface area contributed by atoms with Gasteiger partial charge in [-0.25, -0.2) is 0 Å². The topological polar surface area (TPSA) is 23.0 Å². The Hall–Kier alpha value is -6.58. The molecule has 0 amide bonds. The van der Waals surface area contributed by atoms with Crippen molar-refractivity contribution in [2.24, 2.45) is 0 Å². The molecule has 3 heteroatoms. The predicted octanol–water partition coefficient (Wildman–Crippen LogP) is 14.9. The first-order valence-corrected chi connectivity index (χ1v) is 20.3. The second-order valence-electron chi connectivity index (χ2n) is 17.6. The molecule has 274 valence electrons. The van der Waals surface area contributed by atoms with Crippen LogP contribution in [0, 0.1) is 0 Å². The molecule has 1 aliphatic carbocycles. The van der Waals surface area contributed by atoms with E-state index in [0.29, 0.717) is 0 Å². The van der Waals surface area contributed by atoms with Crippen molar-refractivity contribution >= 4 is 76.3 Å². The molecule has 0 saturated heterocycles. The number of nitrogens with zero attached hydrogens (tertiary/aromatic N) is 2. The molecule has 0 N–H and O–H groups in total. The van der Waals surface area contributed by atoms with Gasteiger partial charge in [-0.3, -0.25) is 0 Å². The van der Waals surface area contributed by atoms with Crippen LogP contribution in [0.1, 0.15) is 51.7 Å². The lowest BCUT2D eigenvalue weighted by Gasteiger charge is -2.42. The number of benzene rings is 8. The third-order valence-corrected chi connectivity index (χ3v) is 13.3. The van der Waals surface area contributed by atoms with Crippen molar-refractivity contribution in [2.45, 2.75) is 51.4 Å². The molecule has 0 spiro atoms. The quantitative estimate of drug-likeness (QED) is 0.177. The zero-order valence-electron chi connectivity index (χ0n) is 32.7. The highest BCUT2D eigenvalue weighted by Gasteiger charge is 2.38. The van der Waals surface area contributed by atoms with E-state index in [1.54, 1.807) is 0 Å². The first-order chi connectivity index (χ1) is 27.7. The minimum Gasteiger partial charge on any atom is -0.456 e. The summed E-state index contributed by atoms with van der Waals surface area (Å²) in [7, 11) is 0. The SMILES string of the molecule is CC1(C)CCC(C)(C)c2cc3c(cc21)c1cc2c(cc1n3-c1ccccc1)c1c3ccccc3ccc1n2-c1cccc(-c2cccc3oc4ccccc4c23)c1. The molecule has 0 radical (unpaired) electrons. The average Bonchev–Trinajstić information content (AvgIpc) is 3.89. The highest BCUT2D eigenvalue weighted by Crippen LogP contribution is 2.50. The largest absolute Gasteiger partial charge is 0.456 e. The summed E-state index contributed by atoms with van der Waals surface area (Å²) in [5.74, 6) is 0. The van der Waals surface area contributed by atoms with Crippen LogP contribution < -0.4 is 0 Å². The molecule has 3 heterocycles. The smallest absolute Gasteiger partial charge is 0.136 e. The van der Waals surface area contributed by atoms with E-state index in [2.05, 4.69) is 188 Å². The van der Waals surface area contributed by atoms with Crippen molar-refractivity contribution in [3.8, 4) is 22.5 Å². The van der Waals surface area contributed by atoms with Crippen molar-refractivity contribution in [1.29, 1.82) is 0 Å². The van der Waals surface area contributed by atoms with E-state index in [1.807, 2.05) is 6.07 Å². The average molecular weight is 735 g/mol. The van der Waals surface area contributed by atoms with Crippen LogP contribution >= 0.6 is 0 Å². The fraction of sp³-hybridized carbons (Fsp3) is 0.148. The maximum atomic E-state index is 6.33. The molecule has 0 saturated carbocycles. The zero-order valence-corrected chi connectivity index (χ0v) is 32.7. The Balaban J connectivity index is 1.21. The van der Waals surface area contributed by atoms with E-state index in [-0.39, 0.29) is 10.8 Å². The van der Waals surface area contributed by atoms with Gasteiger partial charge < -0.3 is 13.6 Å². The molecule has 12 rings (SSSR count). The molecular weight excluding hydrogens is 693 g/mol. The molecule has 57 heavy (non-hydrogen) atoms. The van der Waals surface area contributed by atoms with E-state index in [1.165, 1.54) is 95.2 Å². The Kier molecular flexibility index (Phi) is 6.58. The van der Waals surface area contributed by atoms with E-state index in [0.717, 1.165) is 27.6 Å². The maximum absolute atomic E-state index is 6.33. The summed E-state index contributed by atoms with van der Waals surface area (Å²) in [6.07, 6.45) is 2.36. The van der Waals surface area contributed by atoms with Gasteiger partial charge in [0, 0.05) is 43.7 Å². The summed E-state index contributed by atoms with van der Waals surface area (Å²) in [6.45, 7) is 9.73. The fourth-order valence-corrected chi connectivity index (χ4v) is 10.3. The Morgan fingerprint density at radius 3 is 1.88 bits per heavy atom. The Morgan fingerprint density at radius 2 is 1.04 bits per heavy atom. The van der Waals surface area contributed by atoms with Gasteiger partial charge in [0.05, 0.1) is 22.1 Å². The summed E-state index contributed by atoms with van der Waals surface area (Å²) in [6, 6.07) is 58.3. The van der Waals surface area contributed by atoms with Gasteiger partial charge in [0.1, 0.15) is 11.2 Å². The molecule has 3 nitrogen and oxygen atoms in total. The van der Waals surface area contributed by atoms with Crippen LogP contribution in [0.15, 0.2) is 162 Å². The van der Waals surface area contributed by atoms with Crippen LogP contribution in [0.2, 0.25) is 0 Å². The summed E-state index contributed by atoms with van der Waals surface area (Å²) < 4.78 is 11.4. The molecule has 0 atom stereocenters. The van der Waals surface area contributed by atoms with Crippen LogP contribution in [-0.2, 0) is 10.8 Å². The Labute approximate surface area is 331 Å². The van der Waals surface area contributed by atoms with E-state index >= 15 is 0 Å². The number of rotatable bonds is 3. The number of hydrogen-bond acceptors (Lipinski definition) is 1. The molecule has 1 aliphatic rings. The molecule has 0 bridgehead atoms. The van der Waals surface area contributed by atoms with Gasteiger partial charge in [-0.1, -0.05) is 119 Å². The van der Waals surface area contributed by atoms with E-state index in [9.17, 15) is 0 Å². The zero-order chi connectivity index (χ0) is 38.2. The third-order valence-electron chi connectivity index (χ3n) is 13.3. The molecule has 8 aromatic carbocycles.